The number of pyridine rings is 1. The summed E-state index contributed by atoms with van der Waals surface area (Å²) >= 11 is 0. The van der Waals surface area contributed by atoms with Crippen LogP contribution < -0.4 is 5.32 Å². The van der Waals surface area contributed by atoms with Gasteiger partial charge in [0.1, 0.15) is 0 Å². The first-order chi connectivity index (χ1) is 18.5. The number of amides is 1. The predicted octanol–water partition coefficient (Wildman–Crippen LogP) is 5.81. The van der Waals surface area contributed by atoms with Gasteiger partial charge in [0.25, 0.3) is 0 Å². The fourth-order valence-electron chi connectivity index (χ4n) is 5.79. The molecule has 0 aliphatic heterocycles. The molecule has 3 atom stereocenters. The summed E-state index contributed by atoms with van der Waals surface area (Å²) in [5.41, 5.74) is 6.97. The van der Waals surface area contributed by atoms with Gasteiger partial charge in [-0.15, -0.1) is 0 Å². The van der Waals surface area contributed by atoms with Crippen LogP contribution in [0.4, 0.5) is 0 Å². The maximum absolute atomic E-state index is 13.6. The summed E-state index contributed by atoms with van der Waals surface area (Å²) in [6, 6.07) is 24.7. The molecule has 1 amide bonds. The monoisotopic (exact) mass is 508 g/mol. The highest BCUT2D eigenvalue weighted by atomic mass is 16.5. The van der Waals surface area contributed by atoms with Crippen LogP contribution >= 0.6 is 0 Å². The lowest BCUT2D eigenvalue weighted by atomic mass is 9.93. The Balaban J connectivity index is 1.42. The number of methoxy groups -OCH3 is 1. The number of aryl methyl sites for hydroxylation is 1. The van der Waals surface area contributed by atoms with Crippen LogP contribution in [0.3, 0.4) is 0 Å². The summed E-state index contributed by atoms with van der Waals surface area (Å²) in [4.78, 5) is 18.0. The molecular weight excluding hydrogens is 472 g/mol. The molecule has 2 aromatic carbocycles. The lowest BCUT2D eigenvalue weighted by Gasteiger charge is -2.21. The molecule has 5 rings (SSSR count). The molecule has 1 N–H and O–H groups in total. The van der Waals surface area contributed by atoms with Crippen LogP contribution in [0.15, 0.2) is 79.0 Å². The second-order valence-electron chi connectivity index (χ2n) is 10.3. The molecule has 0 saturated heterocycles. The first kappa shape index (κ1) is 25.9. The van der Waals surface area contributed by atoms with E-state index < -0.39 is 0 Å². The number of nitrogens with one attached hydrogen (secondary N) is 1. The number of aromatic nitrogens is 3. The Morgan fingerprint density at radius 3 is 2.47 bits per heavy atom. The number of rotatable bonds is 9. The Bertz CT molecular complexity index is 1370. The van der Waals surface area contributed by atoms with Crippen molar-refractivity contribution >= 4 is 5.91 Å². The first-order valence-corrected chi connectivity index (χ1v) is 13.4. The maximum atomic E-state index is 13.6. The third-order valence-corrected chi connectivity index (χ3v) is 7.71. The zero-order chi connectivity index (χ0) is 26.5. The largest absolute Gasteiger partial charge is 0.385 e. The summed E-state index contributed by atoms with van der Waals surface area (Å²) in [5.74, 6) is 0.863. The highest BCUT2D eigenvalue weighted by Crippen LogP contribution is 2.40. The molecule has 196 valence electrons. The van der Waals surface area contributed by atoms with Gasteiger partial charge in [0.2, 0.25) is 5.91 Å². The third-order valence-electron chi connectivity index (χ3n) is 7.71. The van der Waals surface area contributed by atoms with E-state index in [1.165, 1.54) is 5.56 Å². The molecule has 1 aliphatic carbocycles. The molecule has 0 spiro atoms. The molecule has 1 fully saturated rings. The van der Waals surface area contributed by atoms with Crippen LogP contribution in [0.5, 0.6) is 0 Å². The molecule has 0 bridgehead atoms. The van der Waals surface area contributed by atoms with Crippen molar-refractivity contribution in [3.8, 4) is 16.9 Å². The number of para-hydroxylation sites is 1. The Hall–Kier alpha value is -3.77. The van der Waals surface area contributed by atoms with E-state index in [4.69, 9.17) is 9.84 Å². The van der Waals surface area contributed by atoms with Crippen LogP contribution in [-0.4, -0.2) is 40.4 Å². The highest BCUT2D eigenvalue weighted by molar-refractivity contribution is 5.80. The van der Waals surface area contributed by atoms with E-state index in [1.54, 1.807) is 7.11 Å². The van der Waals surface area contributed by atoms with E-state index in [9.17, 15) is 4.79 Å². The van der Waals surface area contributed by atoms with Gasteiger partial charge < -0.3 is 10.1 Å². The minimum Gasteiger partial charge on any atom is -0.385 e. The maximum Gasteiger partial charge on any atom is 0.226 e. The van der Waals surface area contributed by atoms with E-state index in [0.717, 1.165) is 59.8 Å². The van der Waals surface area contributed by atoms with Gasteiger partial charge in [-0.3, -0.25) is 9.78 Å². The Labute approximate surface area is 225 Å². The second-order valence-corrected chi connectivity index (χ2v) is 10.3. The lowest BCUT2D eigenvalue weighted by molar-refractivity contribution is -0.121. The van der Waals surface area contributed by atoms with Crippen LogP contribution in [0.1, 0.15) is 47.7 Å². The van der Waals surface area contributed by atoms with Crippen molar-refractivity contribution in [3.63, 3.8) is 0 Å². The Kier molecular flexibility index (Phi) is 7.99. The molecule has 1 saturated carbocycles. The quantitative estimate of drug-likeness (QED) is 0.310. The summed E-state index contributed by atoms with van der Waals surface area (Å²) in [5, 5.41) is 8.40. The van der Waals surface area contributed by atoms with Crippen molar-refractivity contribution in [2.75, 3.05) is 13.7 Å². The molecule has 6 nitrogen and oxygen atoms in total. The van der Waals surface area contributed by atoms with Gasteiger partial charge in [0.05, 0.1) is 23.5 Å². The molecule has 38 heavy (non-hydrogen) atoms. The smallest absolute Gasteiger partial charge is 0.226 e. The SMILES string of the molecule is COCCC1C[C@@H](NC(=O)Cc2c(C)c(-c3ccnc(C)c3)nn2-c2ccccc2)[C@H](c2ccccc2)C1. The average Bonchev–Trinajstić information content (AvgIpc) is 3.49. The Morgan fingerprint density at radius 2 is 1.76 bits per heavy atom. The van der Waals surface area contributed by atoms with Crippen LogP contribution in [0, 0.1) is 19.8 Å². The molecule has 1 aliphatic rings. The lowest BCUT2D eigenvalue weighted by Crippen LogP contribution is -2.38. The summed E-state index contributed by atoms with van der Waals surface area (Å²) in [6.45, 7) is 4.79. The van der Waals surface area contributed by atoms with Crippen LogP contribution in [0.2, 0.25) is 0 Å². The zero-order valence-corrected chi connectivity index (χ0v) is 22.4. The first-order valence-electron chi connectivity index (χ1n) is 13.4. The van der Waals surface area contributed by atoms with Gasteiger partial charge in [0, 0.05) is 43.1 Å². The van der Waals surface area contributed by atoms with Crippen LogP contribution in [0.25, 0.3) is 16.9 Å². The summed E-state index contributed by atoms with van der Waals surface area (Å²) in [6.07, 6.45) is 5.11. The van der Waals surface area contributed by atoms with Crippen molar-refractivity contribution in [1.29, 1.82) is 0 Å². The van der Waals surface area contributed by atoms with Gasteiger partial charge >= 0.3 is 0 Å². The van der Waals surface area contributed by atoms with E-state index >= 15 is 0 Å². The van der Waals surface area contributed by atoms with E-state index in [2.05, 4.69) is 41.5 Å². The molecular formula is C32H36N4O2. The summed E-state index contributed by atoms with van der Waals surface area (Å²) < 4.78 is 7.27. The summed E-state index contributed by atoms with van der Waals surface area (Å²) in [7, 11) is 1.75. The molecule has 1 unspecified atom stereocenters. The van der Waals surface area contributed by atoms with Crippen molar-refractivity contribution < 1.29 is 9.53 Å². The number of carbonyl (C=O) groups is 1. The fourth-order valence-corrected chi connectivity index (χ4v) is 5.79. The van der Waals surface area contributed by atoms with Gasteiger partial charge in [0.15, 0.2) is 0 Å². The van der Waals surface area contributed by atoms with Crippen molar-refractivity contribution in [3.05, 3.63) is 102 Å². The minimum atomic E-state index is 0.0287. The van der Waals surface area contributed by atoms with Crippen LogP contribution in [-0.2, 0) is 16.0 Å². The standard InChI is InChI=1S/C32H36N4O2/c1-22-18-26(14-16-33-22)32-23(2)30(36(35-32)27-12-8-5-9-13-27)21-31(37)34-29-20-24(15-17-38-3)19-28(29)25-10-6-4-7-11-25/h4-14,16,18,24,28-29H,15,17,19-21H2,1-3H3,(H,34,37)/t24?,28-,29+/m0/s1. The Morgan fingerprint density at radius 1 is 1.03 bits per heavy atom. The number of ether oxygens (including phenoxy) is 1. The molecule has 6 heteroatoms. The molecule has 2 aromatic heterocycles. The van der Waals surface area contributed by atoms with Gasteiger partial charge in [-0.05, 0) is 74.4 Å². The molecule has 4 aromatic rings. The number of carbonyl (C=O) groups excluding carboxylic acids is 1. The topological polar surface area (TPSA) is 69.0 Å². The third kappa shape index (κ3) is 5.70. The van der Waals surface area contributed by atoms with E-state index in [0.29, 0.717) is 11.8 Å². The van der Waals surface area contributed by atoms with Crippen molar-refractivity contribution in [1.82, 2.24) is 20.1 Å². The van der Waals surface area contributed by atoms with Gasteiger partial charge in [-0.1, -0.05) is 48.5 Å². The van der Waals surface area contributed by atoms with Gasteiger partial charge in [-0.2, -0.15) is 5.10 Å². The normalized spacial score (nSPS) is 19.0. The van der Waals surface area contributed by atoms with Crippen molar-refractivity contribution in [2.24, 2.45) is 5.92 Å². The highest BCUT2D eigenvalue weighted by Gasteiger charge is 2.36. The number of hydrogen-bond acceptors (Lipinski definition) is 4. The molecule has 0 radical (unpaired) electrons. The number of hydrogen-bond donors (Lipinski definition) is 1. The van der Waals surface area contributed by atoms with E-state index in [-0.39, 0.29) is 18.4 Å². The molecule has 2 heterocycles. The minimum absolute atomic E-state index is 0.0287. The number of benzene rings is 2. The number of nitrogens with zero attached hydrogens (tertiary/aromatic N) is 3. The van der Waals surface area contributed by atoms with Gasteiger partial charge in [-0.25, -0.2) is 4.68 Å². The predicted molar refractivity (Wildman–Crippen MR) is 150 cm³/mol. The second kappa shape index (κ2) is 11.7. The van der Waals surface area contributed by atoms with E-state index in [1.807, 2.05) is 66.3 Å². The zero-order valence-electron chi connectivity index (χ0n) is 22.4. The fraction of sp³-hybridized carbons (Fsp3) is 0.344. The van der Waals surface area contributed by atoms with Crippen molar-refractivity contribution in [2.45, 2.75) is 51.5 Å². The average molecular weight is 509 g/mol.